The largest absolute Gasteiger partial charge is 0.409 e. The maximum Gasteiger partial charge on any atom is 0.245 e. The fourth-order valence-electron chi connectivity index (χ4n) is 3.17. The normalized spacial score (nSPS) is 25.4. The molecule has 2 aliphatic rings. The first-order valence-electron chi connectivity index (χ1n) is 6.94. The number of piperazine rings is 1. The van der Waals surface area contributed by atoms with Gasteiger partial charge in [-0.2, -0.15) is 0 Å². The topological polar surface area (TPSA) is 108 Å². The third-order valence-corrected chi connectivity index (χ3v) is 4.56. The molecule has 2 rings (SSSR count). The highest BCUT2D eigenvalue weighted by Gasteiger charge is 2.52. The zero-order valence-electron chi connectivity index (χ0n) is 12.0. The van der Waals surface area contributed by atoms with E-state index in [-0.39, 0.29) is 17.6 Å². The second-order valence-corrected chi connectivity index (χ2v) is 6.05. The summed E-state index contributed by atoms with van der Waals surface area (Å²) in [4.78, 5) is 26.5. The molecule has 0 unspecified atom stereocenters. The predicted octanol–water partition coefficient (Wildman–Crippen LogP) is 0.0302. The van der Waals surface area contributed by atoms with Crippen molar-refractivity contribution >= 4 is 17.6 Å². The Hall–Kier alpha value is -1.79. The molecule has 0 aromatic heterocycles. The molecule has 7 heteroatoms. The highest BCUT2D eigenvalue weighted by atomic mass is 16.4. The molecule has 1 aliphatic heterocycles. The van der Waals surface area contributed by atoms with E-state index in [0.717, 1.165) is 12.8 Å². The van der Waals surface area contributed by atoms with Crippen molar-refractivity contribution in [3.63, 3.8) is 0 Å². The molecule has 112 valence electrons. The summed E-state index contributed by atoms with van der Waals surface area (Å²) in [5, 5.41) is 14.8. The molecule has 1 aliphatic carbocycles. The summed E-state index contributed by atoms with van der Waals surface area (Å²) < 4.78 is 0. The first-order valence-corrected chi connectivity index (χ1v) is 6.94. The lowest BCUT2D eigenvalue weighted by Crippen LogP contribution is -2.66. The van der Waals surface area contributed by atoms with Crippen LogP contribution >= 0.6 is 0 Å². The van der Waals surface area contributed by atoms with Crippen LogP contribution in [-0.2, 0) is 9.59 Å². The van der Waals surface area contributed by atoms with Gasteiger partial charge in [0.2, 0.25) is 11.8 Å². The number of carbonyl (C=O) groups excluding carboxylic acids is 2. The van der Waals surface area contributed by atoms with Crippen molar-refractivity contribution in [3.8, 4) is 0 Å². The number of nitrogens with zero attached hydrogens (tertiary/aromatic N) is 2. The minimum absolute atomic E-state index is 0.0400. The van der Waals surface area contributed by atoms with Crippen LogP contribution in [-0.4, -0.2) is 46.4 Å². The van der Waals surface area contributed by atoms with Crippen molar-refractivity contribution in [2.24, 2.45) is 16.3 Å². The number of amides is 2. The summed E-state index contributed by atoms with van der Waals surface area (Å²) >= 11 is 0. The average Bonchev–Trinajstić information content (AvgIpc) is 2.91. The van der Waals surface area contributed by atoms with Gasteiger partial charge in [-0.05, 0) is 26.7 Å². The number of rotatable bonds is 2. The molecule has 1 saturated heterocycles. The SMILES string of the molecule is CC1(C)C(=O)NCCN1C(=O)C1(C(N)=NO)CCCC1. The molecule has 2 amide bonds. The lowest BCUT2D eigenvalue weighted by atomic mass is 9.81. The van der Waals surface area contributed by atoms with E-state index < -0.39 is 11.0 Å². The molecule has 1 heterocycles. The van der Waals surface area contributed by atoms with Gasteiger partial charge in [-0.25, -0.2) is 0 Å². The molecule has 4 N–H and O–H groups in total. The van der Waals surface area contributed by atoms with Gasteiger partial charge in [0.15, 0.2) is 5.84 Å². The third-order valence-electron chi connectivity index (χ3n) is 4.56. The molecule has 0 aromatic carbocycles. The Morgan fingerprint density at radius 2 is 2.00 bits per heavy atom. The number of oxime groups is 1. The van der Waals surface area contributed by atoms with Crippen molar-refractivity contribution in [3.05, 3.63) is 0 Å². The van der Waals surface area contributed by atoms with Gasteiger partial charge in [0.05, 0.1) is 0 Å². The molecule has 0 aromatic rings. The number of nitrogens with two attached hydrogens (primary N) is 1. The van der Waals surface area contributed by atoms with E-state index in [1.165, 1.54) is 0 Å². The molecule has 0 spiro atoms. The van der Waals surface area contributed by atoms with Gasteiger partial charge in [0.25, 0.3) is 0 Å². The first kappa shape index (κ1) is 14.6. The van der Waals surface area contributed by atoms with Crippen LogP contribution in [0.1, 0.15) is 39.5 Å². The van der Waals surface area contributed by atoms with Crippen LogP contribution in [0.25, 0.3) is 0 Å². The fraction of sp³-hybridized carbons (Fsp3) is 0.769. The van der Waals surface area contributed by atoms with Crippen molar-refractivity contribution in [2.45, 2.75) is 45.1 Å². The molecule has 2 fully saturated rings. The third kappa shape index (κ3) is 2.01. The second-order valence-electron chi connectivity index (χ2n) is 6.05. The minimum atomic E-state index is -0.955. The van der Waals surface area contributed by atoms with E-state index in [2.05, 4.69) is 10.5 Å². The first-order chi connectivity index (χ1) is 9.36. The molecular weight excluding hydrogens is 260 g/mol. The predicted molar refractivity (Wildman–Crippen MR) is 73.1 cm³/mol. The highest BCUT2D eigenvalue weighted by molar-refractivity contribution is 6.08. The van der Waals surface area contributed by atoms with E-state index in [4.69, 9.17) is 10.9 Å². The van der Waals surface area contributed by atoms with Gasteiger partial charge in [-0.3, -0.25) is 9.59 Å². The van der Waals surface area contributed by atoms with E-state index >= 15 is 0 Å². The van der Waals surface area contributed by atoms with E-state index in [1.807, 2.05) is 0 Å². The van der Waals surface area contributed by atoms with Crippen LogP contribution in [0.4, 0.5) is 0 Å². The van der Waals surface area contributed by atoms with Crippen LogP contribution in [0.3, 0.4) is 0 Å². The summed E-state index contributed by atoms with van der Waals surface area (Å²) in [7, 11) is 0. The van der Waals surface area contributed by atoms with Crippen LogP contribution in [0.2, 0.25) is 0 Å². The summed E-state index contributed by atoms with van der Waals surface area (Å²) in [6.07, 6.45) is 2.86. The molecule has 1 saturated carbocycles. The highest BCUT2D eigenvalue weighted by Crippen LogP contribution is 2.41. The molecule has 7 nitrogen and oxygen atoms in total. The Kier molecular flexibility index (Phi) is 3.62. The van der Waals surface area contributed by atoms with Crippen LogP contribution in [0, 0.1) is 5.41 Å². The molecule has 0 radical (unpaired) electrons. The monoisotopic (exact) mass is 282 g/mol. The van der Waals surface area contributed by atoms with Crippen LogP contribution < -0.4 is 11.1 Å². The fourth-order valence-corrected chi connectivity index (χ4v) is 3.17. The Morgan fingerprint density at radius 3 is 2.55 bits per heavy atom. The number of carbonyl (C=O) groups is 2. The number of amidine groups is 1. The summed E-state index contributed by atoms with van der Waals surface area (Å²) in [6.45, 7) is 4.31. The van der Waals surface area contributed by atoms with Crippen molar-refractivity contribution in [2.75, 3.05) is 13.1 Å². The lowest BCUT2D eigenvalue weighted by Gasteiger charge is -2.45. The summed E-state index contributed by atoms with van der Waals surface area (Å²) in [5.41, 5.74) is 3.93. The molecular formula is C13H22N4O3. The number of nitrogens with one attached hydrogen (secondary N) is 1. The van der Waals surface area contributed by atoms with Gasteiger partial charge in [0, 0.05) is 13.1 Å². The number of hydrogen-bond donors (Lipinski definition) is 3. The maximum atomic E-state index is 13.0. The maximum absolute atomic E-state index is 13.0. The Morgan fingerprint density at radius 1 is 1.40 bits per heavy atom. The van der Waals surface area contributed by atoms with Crippen molar-refractivity contribution in [1.29, 1.82) is 0 Å². The van der Waals surface area contributed by atoms with Gasteiger partial charge in [-0.15, -0.1) is 0 Å². The molecule has 20 heavy (non-hydrogen) atoms. The standard InChI is InChI=1S/C13H22N4O3/c1-12(2)10(18)15-7-8-17(12)11(19)13(9(14)16-20)5-3-4-6-13/h20H,3-8H2,1-2H3,(H2,14,16)(H,15,18). The van der Waals surface area contributed by atoms with Crippen LogP contribution in [0.15, 0.2) is 5.16 Å². The molecule has 0 bridgehead atoms. The summed E-state index contributed by atoms with van der Waals surface area (Å²) in [6, 6.07) is 0. The van der Waals surface area contributed by atoms with E-state index in [1.54, 1.807) is 18.7 Å². The second kappa shape index (κ2) is 4.96. The average molecular weight is 282 g/mol. The Labute approximate surface area is 118 Å². The number of hydrogen-bond acceptors (Lipinski definition) is 4. The van der Waals surface area contributed by atoms with Crippen molar-refractivity contribution in [1.82, 2.24) is 10.2 Å². The molecule has 0 atom stereocenters. The Balaban J connectivity index is 2.35. The zero-order valence-corrected chi connectivity index (χ0v) is 12.0. The quantitative estimate of drug-likeness (QED) is 0.287. The van der Waals surface area contributed by atoms with Crippen molar-refractivity contribution < 1.29 is 14.8 Å². The van der Waals surface area contributed by atoms with Gasteiger partial charge in [-0.1, -0.05) is 18.0 Å². The Bertz CT molecular complexity index is 453. The lowest BCUT2D eigenvalue weighted by molar-refractivity contribution is -0.154. The van der Waals surface area contributed by atoms with Crippen LogP contribution in [0.5, 0.6) is 0 Å². The smallest absolute Gasteiger partial charge is 0.245 e. The minimum Gasteiger partial charge on any atom is -0.409 e. The van der Waals surface area contributed by atoms with E-state index in [0.29, 0.717) is 25.9 Å². The van der Waals surface area contributed by atoms with Gasteiger partial charge in [0.1, 0.15) is 11.0 Å². The van der Waals surface area contributed by atoms with Gasteiger partial charge >= 0.3 is 0 Å². The summed E-state index contributed by atoms with van der Waals surface area (Å²) in [5.74, 6) is -0.420. The van der Waals surface area contributed by atoms with E-state index in [9.17, 15) is 9.59 Å². The zero-order chi connectivity index (χ0) is 15.0. The van der Waals surface area contributed by atoms with Gasteiger partial charge < -0.3 is 21.2 Å².